The first-order chi connectivity index (χ1) is 17.1. The van der Waals surface area contributed by atoms with Gasteiger partial charge >= 0.3 is 5.69 Å². The van der Waals surface area contributed by atoms with Crippen LogP contribution in [-0.2, 0) is 9.84 Å². The van der Waals surface area contributed by atoms with E-state index in [0.717, 1.165) is 11.1 Å². The Morgan fingerprint density at radius 1 is 1.00 bits per heavy atom. The van der Waals surface area contributed by atoms with Gasteiger partial charge in [0.05, 0.1) is 36.5 Å². The predicted octanol–water partition coefficient (Wildman–Crippen LogP) is 5.16. The molecule has 4 rings (SSSR count). The molecule has 0 saturated heterocycles. The number of rotatable bonds is 9. The van der Waals surface area contributed by atoms with E-state index in [-0.39, 0.29) is 11.4 Å². The minimum atomic E-state index is -3.44. The Balaban J connectivity index is 1.89. The largest absolute Gasteiger partial charge is 0.493 e. The van der Waals surface area contributed by atoms with Crippen molar-refractivity contribution >= 4 is 20.9 Å². The quantitative estimate of drug-likeness (QED) is 0.337. The van der Waals surface area contributed by atoms with Gasteiger partial charge in [-0.2, -0.15) is 0 Å². The summed E-state index contributed by atoms with van der Waals surface area (Å²) in [6, 6.07) is 18.5. The van der Waals surface area contributed by atoms with Crippen molar-refractivity contribution in [3.8, 4) is 22.6 Å². The molecule has 8 heteroatoms. The zero-order valence-electron chi connectivity index (χ0n) is 21.2. The number of hydrogen-bond acceptors (Lipinski definition) is 5. The lowest BCUT2D eigenvalue weighted by Crippen LogP contribution is -2.28. The number of imidazole rings is 1. The molecule has 1 atom stereocenters. The van der Waals surface area contributed by atoms with Gasteiger partial charge in [0, 0.05) is 6.26 Å². The number of hydrogen-bond donors (Lipinski definition) is 1. The van der Waals surface area contributed by atoms with Crippen LogP contribution < -0.4 is 15.2 Å². The van der Waals surface area contributed by atoms with Crippen LogP contribution in [0.5, 0.6) is 11.5 Å². The van der Waals surface area contributed by atoms with Gasteiger partial charge in [0.25, 0.3) is 0 Å². The van der Waals surface area contributed by atoms with Crippen molar-refractivity contribution in [2.45, 2.75) is 32.7 Å². The summed E-state index contributed by atoms with van der Waals surface area (Å²) in [5.74, 6) is 1.14. The molecular weight excluding hydrogens is 476 g/mol. The predicted molar refractivity (Wildman–Crippen MR) is 144 cm³/mol. The second kappa shape index (κ2) is 10.2. The lowest BCUT2D eigenvalue weighted by molar-refractivity contribution is 0.310. The molecule has 4 aromatic rings. The number of ether oxygens (including phenoxy) is 2. The van der Waals surface area contributed by atoms with Gasteiger partial charge in [-0.1, -0.05) is 50.2 Å². The molecular formula is C28H32N2O5S. The number of H-pyrrole nitrogens is 1. The molecule has 1 aromatic heterocycles. The Morgan fingerprint density at radius 3 is 2.42 bits per heavy atom. The third-order valence-electron chi connectivity index (χ3n) is 6.25. The maximum atomic E-state index is 13.3. The molecule has 0 amide bonds. The molecule has 0 fully saturated rings. The summed E-state index contributed by atoms with van der Waals surface area (Å²) in [5.41, 5.74) is 4.86. The van der Waals surface area contributed by atoms with Gasteiger partial charge < -0.3 is 14.5 Å². The zero-order valence-corrected chi connectivity index (χ0v) is 22.1. The maximum absolute atomic E-state index is 13.3. The van der Waals surface area contributed by atoms with Gasteiger partial charge in [-0.05, 0) is 59.4 Å². The molecule has 0 aliphatic carbocycles. The maximum Gasteiger partial charge on any atom is 0.327 e. The van der Waals surface area contributed by atoms with Gasteiger partial charge in [-0.3, -0.25) is 4.57 Å². The van der Waals surface area contributed by atoms with Crippen molar-refractivity contribution in [3.63, 3.8) is 0 Å². The second-order valence-electron chi connectivity index (χ2n) is 9.23. The van der Waals surface area contributed by atoms with Crippen LogP contribution in [0.3, 0.4) is 0 Å². The van der Waals surface area contributed by atoms with Crippen LogP contribution in [0.2, 0.25) is 0 Å². The van der Waals surface area contributed by atoms with Crippen molar-refractivity contribution < 1.29 is 17.9 Å². The monoisotopic (exact) mass is 508 g/mol. The molecule has 0 unspecified atom stereocenters. The average molecular weight is 509 g/mol. The third kappa shape index (κ3) is 5.18. The average Bonchev–Trinajstić information content (AvgIpc) is 3.16. The van der Waals surface area contributed by atoms with E-state index >= 15 is 0 Å². The molecule has 190 valence electrons. The molecule has 36 heavy (non-hydrogen) atoms. The number of methoxy groups -OCH3 is 1. The summed E-state index contributed by atoms with van der Waals surface area (Å²) >= 11 is 0. The summed E-state index contributed by atoms with van der Waals surface area (Å²) < 4.78 is 37.5. The summed E-state index contributed by atoms with van der Waals surface area (Å²) in [5, 5.41) is 0. The molecule has 0 spiro atoms. The Morgan fingerprint density at radius 2 is 1.75 bits per heavy atom. The highest BCUT2D eigenvalue weighted by Crippen LogP contribution is 2.34. The fraction of sp³-hybridized carbons (Fsp3) is 0.321. The van der Waals surface area contributed by atoms with Crippen molar-refractivity contribution in [3.05, 3.63) is 82.3 Å². The Hall–Kier alpha value is -3.52. The van der Waals surface area contributed by atoms with Gasteiger partial charge in [0.15, 0.2) is 11.5 Å². The molecule has 0 radical (unpaired) electrons. The van der Waals surface area contributed by atoms with Gasteiger partial charge in [0.1, 0.15) is 9.84 Å². The van der Waals surface area contributed by atoms with Crippen LogP contribution in [0.4, 0.5) is 0 Å². The van der Waals surface area contributed by atoms with E-state index in [1.807, 2.05) is 37.3 Å². The zero-order chi connectivity index (χ0) is 26.0. The molecule has 7 nitrogen and oxygen atoms in total. The molecule has 0 bridgehead atoms. The molecule has 0 aliphatic heterocycles. The van der Waals surface area contributed by atoms with Crippen molar-refractivity contribution in [1.82, 2.24) is 9.55 Å². The van der Waals surface area contributed by atoms with Crippen LogP contribution in [0.25, 0.3) is 22.2 Å². The highest BCUT2D eigenvalue weighted by Gasteiger charge is 2.25. The van der Waals surface area contributed by atoms with Gasteiger partial charge in [-0.15, -0.1) is 0 Å². The van der Waals surface area contributed by atoms with E-state index in [4.69, 9.17) is 9.47 Å². The molecule has 3 aromatic carbocycles. The second-order valence-corrected chi connectivity index (χ2v) is 11.4. The highest BCUT2D eigenvalue weighted by atomic mass is 32.2. The van der Waals surface area contributed by atoms with Gasteiger partial charge in [0.2, 0.25) is 0 Å². The van der Waals surface area contributed by atoms with Crippen molar-refractivity contribution in [1.29, 1.82) is 0 Å². The van der Waals surface area contributed by atoms with E-state index in [0.29, 0.717) is 40.6 Å². The molecule has 0 aliphatic rings. The van der Waals surface area contributed by atoms with Crippen molar-refractivity contribution in [2.75, 3.05) is 25.7 Å². The van der Waals surface area contributed by atoms with Crippen LogP contribution in [0.15, 0.2) is 65.5 Å². The van der Waals surface area contributed by atoms with E-state index in [1.54, 1.807) is 25.3 Å². The molecule has 0 saturated carbocycles. The smallest absolute Gasteiger partial charge is 0.327 e. The minimum absolute atomic E-state index is 0.240. The first-order valence-electron chi connectivity index (χ1n) is 11.9. The third-order valence-corrected chi connectivity index (χ3v) is 7.18. The SMILES string of the molecule is CCOc1cc([C@@H](CS(C)(=O)=O)n2c(=O)[nH]c3cc(-c4ccccc4C(C)C)ccc32)ccc1OC. The first kappa shape index (κ1) is 25.6. The van der Waals surface area contributed by atoms with E-state index in [1.165, 1.54) is 16.4 Å². The number of fused-ring (bicyclic) bond motifs is 1. The van der Waals surface area contributed by atoms with E-state index < -0.39 is 15.9 Å². The van der Waals surface area contributed by atoms with Crippen LogP contribution in [0.1, 0.15) is 43.9 Å². The molecule has 1 N–H and O–H groups in total. The number of aromatic nitrogens is 2. The fourth-order valence-electron chi connectivity index (χ4n) is 4.65. The number of aromatic amines is 1. The van der Waals surface area contributed by atoms with Crippen molar-refractivity contribution in [2.24, 2.45) is 0 Å². The van der Waals surface area contributed by atoms with Crippen LogP contribution in [0, 0.1) is 0 Å². The summed E-state index contributed by atoms with van der Waals surface area (Å²) in [4.78, 5) is 16.2. The van der Waals surface area contributed by atoms with Gasteiger partial charge in [-0.25, -0.2) is 13.2 Å². The number of benzene rings is 3. The number of nitrogens with zero attached hydrogens (tertiary/aromatic N) is 1. The summed E-state index contributed by atoms with van der Waals surface area (Å²) in [7, 11) is -1.89. The Bertz CT molecular complexity index is 1550. The summed E-state index contributed by atoms with van der Waals surface area (Å²) in [6.07, 6.45) is 1.17. The number of nitrogens with one attached hydrogen (secondary N) is 1. The topological polar surface area (TPSA) is 90.4 Å². The highest BCUT2D eigenvalue weighted by molar-refractivity contribution is 7.90. The van der Waals surface area contributed by atoms with Crippen LogP contribution in [-0.4, -0.2) is 43.7 Å². The standard InChI is InChI=1S/C28H32N2O5S/c1-6-35-27-16-20(12-14-26(27)34-4)25(17-36(5,32)33)30-24-13-11-19(15-23(24)29-28(30)31)22-10-8-7-9-21(22)18(2)3/h7-16,18,25H,6,17H2,1-5H3,(H,29,31)/t25-/m1/s1. The molecule has 1 heterocycles. The Kier molecular flexibility index (Phi) is 7.26. The van der Waals surface area contributed by atoms with E-state index in [9.17, 15) is 13.2 Å². The normalized spacial score (nSPS) is 12.7. The van der Waals surface area contributed by atoms with Crippen LogP contribution >= 0.6 is 0 Å². The van der Waals surface area contributed by atoms with E-state index in [2.05, 4.69) is 31.0 Å². The minimum Gasteiger partial charge on any atom is -0.493 e. The fourth-order valence-corrected chi connectivity index (χ4v) is 5.56. The first-order valence-corrected chi connectivity index (χ1v) is 14.0. The Labute approximate surface area is 211 Å². The summed E-state index contributed by atoms with van der Waals surface area (Å²) in [6.45, 7) is 6.58. The lowest BCUT2D eigenvalue weighted by Gasteiger charge is -2.20. The lowest BCUT2D eigenvalue weighted by atomic mass is 9.92. The number of sulfone groups is 1.